The zero-order chi connectivity index (χ0) is 31.0. The van der Waals surface area contributed by atoms with Crippen LogP contribution in [-0.2, 0) is 9.13 Å². The minimum Gasteiger partial charge on any atom is -0.314 e. The summed E-state index contributed by atoms with van der Waals surface area (Å²) in [6.07, 6.45) is 1.83. The Hall–Kier alpha value is -3.75. The smallest absolute Gasteiger partial charge is 0.211 e. The summed E-state index contributed by atoms with van der Waals surface area (Å²) in [5.74, 6) is 0. The number of hydrogen-bond acceptors (Lipinski definition) is 4. The summed E-state index contributed by atoms with van der Waals surface area (Å²) in [4.78, 5) is 6.85. The van der Waals surface area contributed by atoms with Gasteiger partial charge in [-0.1, -0.05) is 55.3 Å². The van der Waals surface area contributed by atoms with Gasteiger partial charge in [0, 0.05) is 35.5 Å². The summed E-state index contributed by atoms with van der Waals surface area (Å²) in [5, 5.41) is 3.21. The van der Waals surface area contributed by atoms with E-state index in [1.54, 1.807) is 0 Å². The molecule has 44 heavy (non-hydrogen) atoms. The molecule has 2 aliphatic heterocycles. The Kier molecular flexibility index (Phi) is 6.86. The molecule has 0 saturated carbocycles. The maximum Gasteiger partial charge on any atom is 0.211 e. The third-order valence-electron chi connectivity index (χ3n) is 9.14. The summed E-state index contributed by atoms with van der Waals surface area (Å²) < 4.78 is 33.2. The number of rotatable bonds is 5. The molecular formula is C37H37N3O2P2. The SMILES string of the molecule is CCN(CC)P1(=O)c2cc(C)ccc2N2c3ccc(C)cc3P(C)(=O)c3cc(-c4cccc(-c5cc(C)ccn5)c4)cc1c32. The van der Waals surface area contributed by atoms with Gasteiger partial charge in [0.2, 0.25) is 7.29 Å². The van der Waals surface area contributed by atoms with Gasteiger partial charge in [-0.25, -0.2) is 4.67 Å². The molecule has 7 heteroatoms. The predicted molar refractivity (Wildman–Crippen MR) is 187 cm³/mol. The molecule has 0 radical (unpaired) electrons. The Labute approximate surface area is 260 Å². The third-order valence-corrected chi connectivity index (χ3v) is 15.1. The lowest BCUT2D eigenvalue weighted by molar-refractivity contribution is 0.458. The van der Waals surface area contributed by atoms with Gasteiger partial charge in [0.05, 0.1) is 33.4 Å². The molecule has 2 unspecified atom stereocenters. The molecule has 2 aliphatic rings. The highest BCUT2D eigenvalue weighted by Crippen LogP contribution is 2.61. The molecule has 0 spiro atoms. The molecule has 4 aromatic carbocycles. The average molecular weight is 618 g/mol. The largest absolute Gasteiger partial charge is 0.314 e. The highest BCUT2D eigenvalue weighted by molar-refractivity contribution is 7.80. The lowest BCUT2D eigenvalue weighted by Crippen LogP contribution is -2.46. The molecule has 0 bridgehead atoms. The van der Waals surface area contributed by atoms with Crippen molar-refractivity contribution in [2.45, 2.75) is 34.6 Å². The number of hydrogen-bond donors (Lipinski definition) is 0. The van der Waals surface area contributed by atoms with E-state index in [0.717, 1.165) is 77.4 Å². The van der Waals surface area contributed by atoms with Gasteiger partial charge in [0.25, 0.3) is 0 Å². The number of benzene rings is 4. The van der Waals surface area contributed by atoms with Gasteiger partial charge < -0.3 is 9.46 Å². The van der Waals surface area contributed by atoms with E-state index in [4.69, 9.17) is 0 Å². The van der Waals surface area contributed by atoms with E-state index in [1.165, 1.54) is 0 Å². The van der Waals surface area contributed by atoms with Crippen molar-refractivity contribution in [3.63, 3.8) is 0 Å². The topological polar surface area (TPSA) is 53.5 Å². The van der Waals surface area contributed by atoms with Crippen LogP contribution in [0.4, 0.5) is 17.1 Å². The first-order valence-electron chi connectivity index (χ1n) is 15.3. The summed E-state index contributed by atoms with van der Waals surface area (Å²) in [6, 6.07) is 29.1. The van der Waals surface area contributed by atoms with Crippen LogP contribution >= 0.6 is 14.4 Å². The highest BCUT2D eigenvalue weighted by atomic mass is 31.2. The first kappa shape index (κ1) is 29.0. The van der Waals surface area contributed by atoms with Gasteiger partial charge >= 0.3 is 0 Å². The number of aryl methyl sites for hydroxylation is 3. The summed E-state index contributed by atoms with van der Waals surface area (Å²) in [7, 11) is -6.40. The Bertz CT molecular complexity index is 2080. The van der Waals surface area contributed by atoms with E-state index in [1.807, 2.05) is 31.9 Å². The molecule has 5 aromatic rings. The van der Waals surface area contributed by atoms with Crippen molar-refractivity contribution in [2.75, 3.05) is 24.7 Å². The Morgan fingerprint density at radius 2 is 1.27 bits per heavy atom. The second-order valence-corrected chi connectivity index (χ2v) is 17.6. The minimum absolute atomic E-state index is 0.633. The molecule has 3 heterocycles. The molecular weight excluding hydrogens is 580 g/mol. The number of anilines is 3. The molecule has 2 atom stereocenters. The average Bonchev–Trinajstić information content (AvgIpc) is 3.02. The van der Waals surface area contributed by atoms with Crippen LogP contribution in [-0.4, -0.2) is 29.4 Å². The van der Waals surface area contributed by atoms with Crippen LogP contribution in [0.3, 0.4) is 0 Å². The first-order chi connectivity index (χ1) is 21.1. The van der Waals surface area contributed by atoms with Crippen molar-refractivity contribution in [1.29, 1.82) is 0 Å². The Balaban J connectivity index is 1.58. The fourth-order valence-electron chi connectivity index (χ4n) is 6.89. The molecule has 0 saturated heterocycles. The number of fused-ring (bicyclic) bond motifs is 4. The molecule has 0 aliphatic carbocycles. The zero-order valence-corrected chi connectivity index (χ0v) is 27.9. The molecule has 0 N–H and O–H groups in total. The minimum atomic E-state index is -3.32. The normalized spacial score (nSPS) is 19.8. The van der Waals surface area contributed by atoms with E-state index in [9.17, 15) is 0 Å². The van der Waals surface area contributed by atoms with Crippen molar-refractivity contribution in [2.24, 2.45) is 0 Å². The van der Waals surface area contributed by atoms with Gasteiger partial charge in [-0.3, -0.25) is 9.55 Å². The maximum absolute atomic E-state index is 15.9. The van der Waals surface area contributed by atoms with Crippen LogP contribution in [0.25, 0.3) is 22.4 Å². The van der Waals surface area contributed by atoms with Gasteiger partial charge in [-0.2, -0.15) is 0 Å². The molecule has 0 fully saturated rings. The van der Waals surface area contributed by atoms with Crippen molar-refractivity contribution in [3.05, 3.63) is 108 Å². The summed E-state index contributed by atoms with van der Waals surface area (Å²) >= 11 is 0. The number of nitrogens with zero attached hydrogens (tertiary/aromatic N) is 3. The fraction of sp³-hybridized carbons (Fsp3) is 0.216. The standard InChI is InChI=1S/C37H37N3O2P2/c1-7-39(8-2)44(42)34-20-25(4)13-15-32(34)40-31-14-12-24(3)19-33(31)43(6,41)35-22-29(23-36(44)37(35)40)27-10-9-11-28(21-27)30-18-26(5)16-17-38-30/h9-23H,7-8H2,1-6H3. The maximum atomic E-state index is 15.9. The molecule has 222 valence electrons. The monoisotopic (exact) mass is 617 g/mol. The van der Waals surface area contributed by atoms with Crippen molar-refractivity contribution in [1.82, 2.24) is 9.65 Å². The Morgan fingerprint density at radius 1 is 0.659 bits per heavy atom. The van der Waals surface area contributed by atoms with Gasteiger partial charge in [-0.05, 0) is 98.7 Å². The quantitative estimate of drug-likeness (QED) is 0.187. The van der Waals surface area contributed by atoms with Crippen molar-refractivity contribution < 1.29 is 9.13 Å². The van der Waals surface area contributed by atoms with E-state index >= 15 is 9.13 Å². The highest BCUT2D eigenvalue weighted by Gasteiger charge is 2.49. The lowest BCUT2D eigenvalue weighted by Gasteiger charge is -2.46. The fourth-order valence-corrected chi connectivity index (χ4v) is 12.7. The second kappa shape index (κ2) is 10.4. The molecule has 0 amide bonds. The van der Waals surface area contributed by atoms with Gasteiger partial charge in [0.1, 0.15) is 7.14 Å². The van der Waals surface area contributed by atoms with Crippen LogP contribution in [0.15, 0.2) is 91.1 Å². The van der Waals surface area contributed by atoms with E-state index in [-0.39, 0.29) is 0 Å². The first-order valence-corrected chi connectivity index (χ1v) is 19.1. The molecule has 7 rings (SSSR count). The zero-order valence-electron chi connectivity index (χ0n) is 26.1. The van der Waals surface area contributed by atoms with Crippen LogP contribution < -0.4 is 26.1 Å². The van der Waals surface area contributed by atoms with Crippen LogP contribution in [0, 0.1) is 20.8 Å². The molecule has 1 aromatic heterocycles. The van der Waals surface area contributed by atoms with Crippen molar-refractivity contribution >= 4 is 52.7 Å². The summed E-state index contributed by atoms with van der Waals surface area (Å²) in [6.45, 7) is 13.5. The predicted octanol–water partition coefficient (Wildman–Crippen LogP) is 7.95. The van der Waals surface area contributed by atoms with Crippen LogP contribution in [0.5, 0.6) is 0 Å². The Morgan fingerprint density at radius 3 is 1.95 bits per heavy atom. The van der Waals surface area contributed by atoms with E-state index in [0.29, 0.717) is 13.1 Å². The number of aromatic nitrogens is 1. The van der Waals surface area contributed by atoms with E-state index < -0.39 is 14.4 Å². The number of pyridine rings is 1. The van der Waals surface area contributed by atoms with E-state index in [2.05, 4.69) is 115 Å². The second-order valence-electron chi connectivity index (χ2n) is 12.1. The van der Waals surface area contributed by atoms with Crippen molar-refractivity contribution in [3.8, 4) is 22.4 Å². The van der Waals surface area contributed by atoms with Crippen LogP contribution in [0.2, 0.25) is 0 Å². The van der Waals surface area contributed by atoms with Gasteiger partial charge in [0.15, 0.2) is 0 Å². The lowest BCUT2D eigenvalue weighted by atomic mass is 10.00. The van der Waals surface area contributed by atoms with Crippen LogP contribution in [0.1, 0.15) is 30.5 Å². The third kappa shape index (κ3) is 4.21. The molecule has 5 nitrogen and oxygen atoms in total. The summed E-state index contributed by atoms with van der Waals surface area (Å²) in [5.41, 5.74) is 9.72. The van der Waals surface area contributed by atoms with Gasteiger partial charge in [-0.15, -0.1) is 0 Å².